The van der Waals surface area contributed by atoms with E-state index in [9.17, 15) is 4.39 Å². The molecule has 2 nitrogen and oxygen atoms in total. The van der Waals surface area contributed by atoms with Crippen molar-refractivity contribution in [2.75, 3.05) is 13.2 Å². The van der Waals surface area contributed by atoms with Gasteiger partial charge >= 0.3 is 0 Å². The largest absolute Gasteiger partial charge is 0.494 e. The molecule has 0 atom stereocenters. The highest BCUT2D eigenvalue weighted by Crippen LogP contribution is 2.32. The van der Waals surface area contributed by atoms with Crippen molar-refractivity contribution in [1.29, 1.82) is 0 Å². The van der Waals surface area contributed by atoms with Crippen LogP contribution in [0.5, 0.6) is 11.5 Å². The third kappa shape index (κ3) is 6.53. The minimum atomic E-state index is -0.876. The molecule has 0 radical (unpaired) electrons. The highest BCUT2D eigenvalue weighted by Gasteiger charge is 2.16. The van der Waals surface area contributed by atoms with E-state index in [0.717, 1.165) is 24.0 Å². The van der Waals surface area contributed by atoms with Crippen LogP contribution >= 0.6 is 0 Å². The molecular formula is C32H31F3O2. The summed E-state index contributed by atoms with van der Waals surface area (Å²) in [5.74, 6) is -1.16. The SMILES string of the molecule is CCCCOc1ccc(-c2ccc(-c3ccc(CCc4ccc(OCC)c(F)c4)cc3)c(F)c2F)cc1. The average Bonchev–Trinajstić information content (AvgIpc) is 2.91. The van der Waals surface area contributed by atoms with Crippen LogP contribution < -0.4 is 9.47 Å². The molecule has 0 amide bonds. The van der Waals surface area contributed by atoms with Gasteiger partial charge in [0.05, 0.1) is 13.2 Å². The monoisotopic (exact) mass is 504 g/mol. The van der Waals surface area contributed by atoms with Crippen LogP contribution in [0, 0.1) is 17.5 Å². The number of halogens is 3. The van der Waals surface area contributed by atoms with Crippen molar-refractivity contribution in [2.45, 2.75) is 39.5 Å². The standard InChI is InChI=1S/C32H31F3O2/c1-3-5-20-37-26-15-13-25(14-16-26)28-18-17-27(31(34)32(28)35)24-11-8-22(9-12-24)6-7-23-10-19-30(36-4-2)29(33)21-23/h8-19,21H,3-7,20H2,1-2H3. The predicted molar refractivity (Wildman–Crippen MR) is 143 cm³/mol. The first-order valence-electron chi connectivity index (χ1n) is 12.7. The van der Waals surface area contributed by atoms with Gasteiger partial charge in [0.15, 0.2) is 23.2 Å². The van der Waals surface area contributed by atoms with Gasteiger partial charge in [-0.2, -0.15) is 0 Å². The van der Waals surface area contributed by atoms with Crippen LogP contribution in [0.1, 0.15) is 37.8 Å². The molecule has 4 aromatic carbocycles. The molecule has 5 heteroatoms. The summed E-state index contributed by atoms with van der Waals surface area (Å²) in [6.45, 7) is 4.95. The summed E-state index contributed by atoms with van der Waals surface area (Å²) in [6, 6.07) is 22.6. The van der Waals surface area contributed by atoms with Gasteiger partial charge in [0.2, 0.25) is 0 Å². The van der Waals surface area contributed by atoms with Crippen molar-refractivity contribution in [2.24, 2.45) is 0 Å². The Bertz CT molecular complexity index is 1320. The molecule has 0 saturated carbocycles. The zero-order chi connectivity index (χ0) is 26.2. The van der Waals surface area contributed by atoms with E-state index < -0.39 is 11.6 Å². The Morgan fingerprint density at radius 3 is 1.76 bits per heavy atom. The number of benzene rings is 4. The Balaban J connectivity index is 1.43. The summed E-state index contributed by atoms with van der Waals surface area (Å²) >= 11 is 0. The van der Waals surface area contributed by atoms with Crippen molar-refractivity contribution in [1.82, 2.24) is 0 Å². The van der Waals surface area contributed by atoms with Crippen LogP contribution in [0.3, 0.4) is 0 Å². The van der Waals surface area contributed by atoms with Gasteiger partial charge < -0.3 is 9.47 Å². The Labute approximate surface area is 216 Å². The van der Waals surface area contributed by atoms with Gasteiger partial charge in [0.25, 0.3) is 0 Å². The maximum Gasteiger partial charge on any atom is 0.167 e. The lowest BCUT2D eigenvalue weighted by Gasteiger charge is -2.11. The second kappa shape index (κ2) is 12.5. The van der Waals surface area contributed by atoms with E-state index >= 15 is 8.78 Å². The molecule has 0 N–H and O–H groups in total. The van der Waals surface area contributed by atoms with Crippen molar-refractivity contribution in [3.05, 3.63) is 107 Å². The van der Waals surface area contributed by atoms with Crippen molar-refractivity contribution in [3.63, 3.8) is 0 Å². The molecule has 0 fully saturated rings. The van der Waals surface area contributed by atoms with Crippen LogP contribution in [0.15, 0.2) is 78.9 Å². The maximum absolute atomic E-state index is 15.1. The van der Waals surface area contributed by atoms with Crippen LogP contribution in [0.4, 0.5) is 13.2 Å². The normalized spacial score (nSPS) is 10.9. The summed E-state index contributed by atoms with van der Waals surface area (Å²) in [6.07, 6.45) is 3.36. The van der Waals surface area contributed by atoms with E-state index in [1.54, 1.807) is 54.6 Å². The number of aryl methyl sites for hydroxylation is 2. The molecule has 0 aromatic heterocycles. The first-order valence-corrected chi connectivity index (χ1v) is 12.7. The van der Waals surface area contributed by atoms with Crippen LogP contribution in [0.2, 0.25) is 0 Å². The molecule has 0 aliphatic carbocycles. The molecule has 4 aromatic rings. The highest BCUT2D eigenvalue weighted by molar-refractivity contribution is 5.72. The fraction of sp³-hybridized carbons (Fsp3) is 0.250. The first kappa shape index (κ1) is 26.3. The molecule has 0 aliphatic heterocycles. The number of rotatable bonds is 11. The van der Waals surface area contributed by atoms with Gasteiger partial charge in [-0.3, -0.25) is 0 Å². The lowest BCUT2D eigenvalue weighted by atomic mass is 9.97. The quantitative estimate of drug-likeness (QED) is 0.190. The van der Waals surface area contributed by atoms with Gasteiger partial charge in [-0.15, -0.1) is 0 Å². The van der Waals surface area contributed by atoms with E-state index in [0.29, 0.717) is 42.9 Å². The number of ether oxygens (including phenoxy) is 2. The van der Waals surface area contributed by atoms with Crippen molar-refractivity contribution in [3.8, 4) is 33.8 Å². The summed E-state index contributed by atoms with van der Waals surface area (Å²) in [5, 5.41) is 0. The zero-order valence-electron chi connectivity index (χ0n) is 21.2. The van der Waals surface area contributed by atoms with Gasteiger partial charge in [0.1, 0.15) is 5.75 Å². The van der Waals surface area contributed by atoms with Crippen molar-refractivity contribution < 1.29 is 22.6 Å². The van der Waals surface area contributed by atoms with Gasteiger partial charge in [0, 0.05) is 11.1 Å². The number of hydrogen-bond donors (Lipinski definition) is 0. The molecule has 0 unspecified atom stereocenters. The third-order valence-corrected chi connectivity index (χ3v) is 6.28. The average molecular weight is 505 g/mol. The van der Waals surface area contributed by atoms with E-state index in [2.05, 4.69) is 6.92 Å². The number of unbranched alkanes of at least 4 members (excludes halogenated alkanes) is 1. The number of hydrogen-bond acceptors (Lipinski definition) is 2. The topological polar surface area (TPSA) is 18.5 Å². The second-order valence-electron chi connectivity index (χ2n) is 8.91. The lowest BCUT2D eigenvalue weighted by molar-refractivity contribution is 0.309. The molecule has 0 bridgehead atoms. The smallest absolute Gasteiger partial charge is 0.167 e. The van der Waals surface area contributed by atoms with Crippen LogP contribution in [0.25, 0.3) is 22.3 Å². The minimum absolute atomic E-state index is 0.209. The minimum Gasteiger partial charge on any atom is -0.494 e. The first-order chi connectivity index (χ1) is 18.0. The molecule has 37 heavy (non-hydrogen) atoms. The summed E-state index contributed by atoms with van der Waals surface area (Å²) in [7, 11) is 0. The highest BCUT2D eigenvalue weighted by atomic mass is 19.2. The fourth-order valence-corrected chi connectivity index (χ4v) is 4.17. The van der Waals surface area contributed by atoms with E-state index in [1.807, 2.05) is 25.1 Å². The molecule has 0 aliphatic rings. The van der Waals surface area contributed by atoms with Crippen LogP contribution in [-0.2, 0) is 12.8 Å². The predicted octanol–water partition coefficient (Wildman–Crippen LogP) is 8.80. The molecule has 0 heterocycles. The summed E-state index contributed by atoms with van der Waals surface area (Å²) < 4.78 is 55.1. The lowest BCUT2D eigenvalue weighted by Crippen LogP contribution is -1.97. The van der Waals surface area contributed by atoms with E-state index in [1.165, 1.54) is 6.07 Å². The molecule has 4 rings (SSSR count). The Hall–Kier alpha value is -3.73. The van der Waals surface area contributed by atoms with E-state index in [-0.39, 0.29) is 22.7 Å². The Morgan fingerprint density at radius 1 is 0.622 bits per heavy atom. The maximum atomic E-state index is 15.1. The molecular weight excluding hydrogens is 473 g/mol. The molecule has 0 saturated heterocycles. The van der Waals surface area contributed by atoms with Gasteiger partial charge in [-0.05, 0) is 72.7 Å². The van der Waals surface area contributed by atoms with Gasteiger partial charge in [-0.1, -0.05) is 67.9 Å². The third-order valence-electron chi connectivity index (χ3n) is 6.28. The fourth-order valence-electron chi connectivity index (χ4n) is 4.17. The Morgan fingerprint density at radius 2 is 1.19 bits per heavy atom. The van der Waals surface area contributed by atoms with Gasteiger partial charge in [-0.25, -0.2) is 13.2 Å². The van der Waals surface area contributed by atoms with E-state index in [4.69, 9.17) is 9.47 Å². The molecule has 0 spiro atoms. The Kier molecular flexibility index (Phi) is 8.89. The second-order valence-corrected chi connectivity index (χ2v) is 8.91. The summed E-state index contributed by atoms with van der Waals surface area (Å²) in [5.41, 5.74) is 3.50. The van der Waals surface area contributed by atoms with Crippen molar-refractivity contribution >= 4 is 0 Å². The molecule has 192 valence electrons. The summed E-state index contributed by atoms with van der Waals surface area (Å²) in [4.78, 5) is 0. The van der Waals surface area contributed by atoms with Crippen LogP contribution in [-0.4, -0.2) is 13.2 Å². The zero-order valence-corrected chi connectivity index (χ0v) is 21.2.